The summed E-state index contributed by atoms with van der Waals surface area (Å²) in [6.07, 6.45) is 1.56. The number of carbonyl (C=O) groups is 3. The molecule has 34 heavy (non-hydrogen) atoms. The molecular weight excluding hydrogens is 426 g/mol. The third kappa shape index (κ3) is 3.21. The number of hydrogen-bond donors (Lipinski definition) is 1. The van der Waals surface area contributed by atoms with Gasteiger partial charge in [-0.3, -0.25) is 14.5 Å². The number of para-hydroxylation sites is 1. The Bertz CT molecular complexity index is 1390. The summed E-state index contributed by atoms with van der Waals surface area (Å²) in [7, 11) is 1.93. The summed E-state index contributed by atoms with van der Waals surface area (Å²) in [6.45, 7) is 5.51. The first-order valence-electron chi connectivity index (χ1n) is 11.3. The number of hydrogen-bond acceptors (Lipinski definition) is 4. The lowest BCUT2D eigenvalue weighted by atomic mass is 9.83. The monoisotopic (exact) mass is 453 g/mol. The van der Waals surface area contributed by atoms with Crippen LogP contribution >= 0.6 is 0 Å². The first-order chi connectivity index (χ1) is 16.1. The van der Waals surface area contributed by atoms with Gasteiger partial charge in [0.1, 0.15) is 5.54 Å². The number of benzene rings is 3. The molecule has 0 bridgehead atoms. The molecule has 3 aromatic rings. The summed E-state index contributed by atoms with van der Waals surface area (Å²) < 4.78 is 0. The zero-order valence-electron chi connectivity index (χ0n) is 19.8. The lowest BCUT2D eigenvalue weighted by Crippen LogP contribution is -2.41. The number of ketones is 1. The summed E-state index contributed by atoms with van der Waals surface area (Å²) in [5.41, 5.74) is 2.11. The predicted molar refractivity (Wildman–Crippen MR) is 133 cm³/mol. The molecule has 2 aliphatic rings. The minimum atomic E-state index is -1.23. The van der Waals surface area contributed by atoms with Crippen LogP contribution in [-0.4, -0.2) is 36.2 Å². The van der Waals surface area contributed by atoms with Crippen molar-refractivity contribution in [1.29, 1.82) is 0 Å². The van der Waals surface area contributed by atoms with Crippen molar-refractivity contribution in [3.63, 3.8) is 0 Å². The van der Waals surface area contributed by atoms with Gasteiger partial charge in [-0.25, -0.2) is 4.79 Å². The number of amides is 3. The fraction of sp³-hybridized carbons (Fsp3) is 0.250. The van der Waals surface area contributed by atoms with E-state index in [1.165, 1.54) is 0 Å². The van der Waals surface area contributed by atoms with E-state index in [1.807, 2.05) is 72.6 Å². The maximum atomic E-state index is 13.4. The number of carbonyl (C=O) groups excluding carboxylic acids is 3. The molecule has 1 unspecified atom stereocenters. The molecule has 2 aliphatic heterocycles. The van der Waals surface area contributed by atoms with Crippen LogP contribution in [0.2, 0.25) is 0 Å². The fourth-order valence-corrected chi connectivity index (χ4v) is 5.15. The van der Waals surface area contributed by atoms with Gasteiger partial charge in [-0.1, -0.05) is 68.4 Å². The number of likely N-dealkylation sites (N-methyl/N-ethyl adjacent to an activating group) is 1. The Morgan fingerprint density at radius 1 is 0.941 bits per heavy atom. The molecule has 1 N–H and O–H groups in total. The molecule has 5 rings (SSSR count). The van der Waals surface area contributed by atoms with E-state index in [0.29, 0.717) is 5.56 Å². The highest BCUT2D eigenvalue weighted by Crippen LogP contribution is 2.46. The highest BCUT2D eigenvalue weighted by Gasteiger charge is 2.49. The number of anilines is 1. The molecule has 6 nitrogen and oxygen atoms in total. The van der Waals surface area contributed by atoms with E-state index in [0.717, 1.165) is 32.6 Å². The molecule has 0 aromatic heterocycles. The number of urea groups is 1. The van der Waals surface area contributed by atoms with Crippen molar-refractivity contribution in [3.05, 3.63) is 89.6 Å². The van der Waals surface area contributed by atoms with E-state index < -0.39 is 17.5 Å². The fourth-order valence-electron chi connectivity index (χ4n) is 5.15. The number of rotatable bonds is 4. The molecule has 0 saturated carbocycles. The Balaban J connectivity index is 1.40. The van der Waals surface area contributed by atoms with Gasteiger partial charge in [0.05, 0.1) is 6.54 Å². The van der Waals surface area contributed by atoms with Crippen LogP contribution < -0.4 is 10.2 Å². The maximum absolute atomic E-state index is 13.4. The Morgan fingerprint density at radius 2 is 1.62 bits per heavy atom. The van der Waals surface area contributed by atoms with E-state index in [2.05, 4.69) is 25.2 Å². The van der Waals surface area contributed by atoms with Crippen LogP contribution in [-0.2, 0) is 20.5 Å². The predicted octanol–water partition coefficient (Wildman–Crippen LogP) is 4.49. The molecule has 1 atom stereocenters. The number of fused-ring (bicyclic) bond motifs is 2. The zero-order valence-corrected chi connectivity index (χ0v) is 19.8. The van der Waals surface area contributed by atoms with Crippen molar-refractivity contribution in [2.75, 3.05) is 18.5 Å². The summed E-state index contributed by atoms with van der Waals surface area (Å²) >= 11 is 0. The third-order valence-electron chi connectivity index (χ3n) is 7.15. The van der Waals surface area contributed by atoms with Crippen molar-refractivity contribution >= 4 is 34.2 Å². The number of nitrogens with zero attached hydrogens (tertiary/aromatic N) is 2. The van der Waals surface area contributed by atoms with Gasteiger partial charge in [-0.15, -0.1) is 0 Å². The second-order valence-electron chi connectivity index (χ2n) is 9.71. The second-order valence-corrected chi connectivity index (χ2v) is 9.71. The van der Waals surface area contributed by atoms with Crippen molar-refractivity contribution in [2.24, 2.45) is 0 Å². The smallest absolute Gasteiger partial charge is 0.325 e. The summed E-state index contributed by atoms with van der Waals surface area (Å²) in [4.78, 5) is 42.3. The number of nitrogens with one attached hydrogen (secondary N) is 1. The first-order valence-corrected chi connectivity index (χ1v) is 11.3. The highest BCUT2D eigenvalue weighted by atomic mass is 16.2. The largest absolute Gasteiger partial charge is 0.347 e. The van der Waals surface area contributed by atoms with Gasteiger partial charge in [0, 0.05) is 29.9 Å². The van der Waals surface area contributed by atoms with Crippen molar-refractivity contribution in [2.45, 2.75) is 31.7 Å². The molecule has 3 amide bonds. The normalized spacial score (nSPS) is 22.4. The summed E-state index contributed by atoms with van der Waals surface area (Å²) in [5, 5.41) is 4.83. The average molecular weight is 454 g/mol. The van der Waals surface area contributed by atoms with Crippen LogP contribution in [0, 0.1) is 0 Å². The van der Waals surface area contributed by atoms with Gasteiger partial charge in [-0.2, -0.15) is 0 Å². The topological polar surface area (TPSA) is 69.7 Å². The molecule has 0 radical (unpaired) electrons. The summed E-state index contributed by atoms with van der Waals surface area (Å²) in [6, 6.07) is 21.0. The molecule has 0 aliphatic carbocycles. The van der Waals surface area contributed by atoms with Crippen LogP contribution in [0.15, 0.2) is 78.5 Å². The lowest BCUT2D eigenvalue weighted by Gasteiger charge is -2.24. The highest BCUT2D eigenvalue weighted by molar-refractivity contribution is 6.10. The van der Waals surface area contributed by atoms with Crippen molar-refractivity contribution in [1.82, 2.24) is 10.2 Å². The van der Waals surface area contributed by atoms with Crippen molar-refractivity contribution < 1.29 is 14.4 Å². The molecule has 0 spiro atoms. The molecule has 1 saturated heterocycles. The lowest BCUT2D eigenvalue weighted by molar-refractivity contribution is -0.133. The van der Waals surface area contributed by atoms with Crippen LogP contribution in [0.1, 0.15) is 31.9 Å². The molecule has 1 fully saturated rings. The zero-order chi connectivity index (χ0) is 24.3. The molecule has 172 valence electrons. The van der Waals surface area contributed by atoms with Gasteiger partial charge in [-0.05, 0) is 41.0 Å². The number of allylic oxidation sites excluding steroid dienone is 1. The molecule has 2 heterocycles. The van der Waals surface area contributed by atoms with Crippen LogP contribution in [0.25, 0.3) is 10.8 Å². The Labute approximate surface area is 198 Å². The van der Waals surface area contributed by atoms with E-state index in [9.17, 15) is 14.4 Å². The SMILES string of the molecule is CN1/C(=C\C(=O)CN2C(=O)NC(C)(c3ccc4ccccc4c3)C2=O)C(C)(C)c2ccccc21. The minimum absolute atomic E-state index is 0.297. The number of imide groups is 1. The van der Waals surface area contributed by atoms with E-state index in [-0.39, 0.29) is 17.7 Å². The quantitative estimate of drug-likeness (QED) is 0.467. The average Bonchev–Trinajstić information content (AvgIpc) is 3.16. The van der Waals surface area contributed by atoms with E-state index in [1.54, 1.807) is 13.0 Å². The maximum Gasteiger partial charge on any atom is 0.325 e. The van der Waals surface area contributed by atoms with Gasteiger partial charge in [0.15, 0.2) is 5.78 Å². The van der Waals surface area contributed by atoms with Gasteiger partial charge in [0.25, 0.3) is 5.91 Å². The molecule has 6 heteroatoms. The van der Waals surface area contributed by atoms with Crippen LogP contribution in [0.5, 0.6) is 0 Å². The second kappa shape index (κ2) is 7.55. The first kappa shape index (κ1) is 21.9. The van der Waals surface area contributed by atoms with Gasteiger partial charge < -0.3 is 10.2 Å². The van der Waals surface area contributed by atoms with E-state index in [4.69, 9.17) is 0 Å². The third-order valence-corrected chi connectivity index (χ3v) is 7.15. The van der Waals surface area contributed by atoms with E-state index >= 15 is 0 Å². The summed E-state index contributed by atoms with van der Waals surface area (Å²) in [5.74, 6) is -0.726. The molecule has 3 aromatic carbocycles. The Kier molecular flexibility index (Phi) is 4.86. The minimum Gasteiger partial charge on any atom is -0.347 e. The Hall–Kier alpha value is -3.93. The molecular formula is C28H27N3O3. The van der Waals surface area contributed by atoms with Gasteiger partial charge >= 0.3 is 6.03 Å². The van der Waals surface area contributed by atoms with Gasteiger partial charge in [0.2, 0.25) is 0 Å². The van der Waals surface area contributed by atoms with Crippen LogP contribution in [0.3, 0.4) is 0 Å². The van der Waals surface area contributed by atoms with Crippen molar-refractivity contribution in [3.8, 4) is 0 Å². The van der Waals surface area contributed by atoms with Crippen LogP contribution in [0.4, 0.5) is 10.5 Å². The standard InChI is InChI=1S/C28H27N3O3/c1-27(2)22-11-7-8-12-23(22)30(4)24(27)16-21(32)17-31-25(33)28(3,29-26(31)34)20-14-13-18-9-5-6-10-19(18)15-20/h5-16H,17H2,1-4H3,(H,29,34)/b24-16-. The Morgan fingerprint density at radius 3 is 2.35 bits per heavy atom.